The Morgan fingerprint density at radius 2 is 2.18 bits per heavy atom. The lowest BCUT2D eigenvalue weighted by molar-refractivity contribution is 0.460. The van der Waals surface area contributed by atoms with Gasteiger partial charge in [-0.05, 0) is 25.2 Å². The molecule has 1 fully saturated rings. The molecule has 2 N–H and O–H groups in total. The second-order valence-electron chi connectivity index (χ2n) is 5.54. The Balaban J connectivity index is 2.14. The average molecular weight is 230 g/mol. The number of aromatic nitrogens is 3. The second kappa shape index (κ2) is 3.22. The molecule has 0 radical (unpaired) electrons. The topological polar surface area (TPSA) is 56.2 Å². The molecular formula is C13H18N4. The molecule has 0 aliphatic heterocycles. The fourth-order valence-corrected chi connectivity index (χ4v) is 2.32. The van der Waals surface area contributed by atoms with Crippen molar-refractivity contribution in [2.45, 2.75) is 39.5 Å². The van der Waals surface area contributed by atoms with Crippen molar-refractivity contribution in [2.24, 2.45) is 5.41 Å². The Morgan fingerprint density at radius 1 is 1.47 bits per heavy atom. The van der Waals surface area contributed by atoms with E-state index in [0.29, 0.717) is 17.2 Å². The molecule has 90 valence electrons. The number of nitrogens with zero attached hydrogens (tertiary/aromatic N) is 3. The molecule has 0 spiro atoms. The predicted octanol–water partition coefficient (Wildman–Crippen LogP) is 2.52. The van der Waals surface area contributed by atoms with Crippen molar-refractivity contribution >= 4 is 11.5 Å². The minimum absolute atomic E-state index is 0.422. The van der Waals surface area contributed by atoms with Gasteiger partial charge in [0.2, 0.25) is 0 Å². The Morgan fingerprint density at radius 3 is 2.82 bits per heavy atom. The first-order valence-electron chi connectivity index (χ1n) is 6.12. The lowest BCUT2D eigenvalue weighted by Crippen LogP contribution is -2.11. The van der Waals surface area contributed by atoms with Gasteiger partial charge in [0.25, 0.3) is 0 Å². The molecule has 1 atom stereocenters. The SMILES string of the molecule is Cc1cnn2c(N)cc([C@@H](C)C3(C)CC3)nc12. The minimum Gasteiger partial charge on any atom is -0.384 e. The maximum atomic E-state index is 6.03. The van der Waals surface area contributed by atoms with Crippen molar-refractivity contribution in [1.82, 2.24) is 14.6 Å². The zero-order valence-corrected chi connectivity index (χ0v) is 10.6. The number of hydrogen-bond donors (Lipinski definition) is 1. The van der Waals surface area contributed by atoms with Gasteiger partial charge >= 0.3 is 0 Å². The summed E-state index contributed by atoms with van der Waals surface area (Å²) >= 11 is 0. The first-order chi connectivity index (χ1) is 8.01. The van der Waals surface area contributed by atoms with Gasteiger partial charge in [-0.3, -0.25) is 0 Å². The molecule has 1 saturated carbocycles. The number of hydrogen-bond acceptors (Lipinski definition) is 3. The summed E-state index contributed by atoms with van der Waals surface area (Å²) in [5.41, 5.74) is 9.51. The maximum absolute atomic E-state index is 6.03. The van der Waals surface area contributed by atoms with Gasteiger partial charge in [-0.15, -0.1) is 0 Å². The van der Waals surface area contributed by atoms with Gasteiger partial charge < -0.3 is 5.73 Å². The zero-order valence-electron chi connectivity index (χ0n) is 10.6. The van der Waals surface area contributed by atoms with E-state index >= 15 is 0 Å². The molecule has 3 rings (SSSR count). The third kappa shape index (κ3) is 1.51. The summed E-state index contributed by atoms with van der Waals surface area (Å²) in [4.78, 5) is 4.72. The number of fused-ring (bicyclic) bond motifs is 1. The van der Waals surface area contributed by atoms with Gasteiger partial charge in [-0.1, -0.05) is 13.8 Å². The van der Waals surface area contributed by atoms with Crippen molar-refractivity contribution < 1.29 is 0 Å². The van der Waals surface area contributed by atoms with Crippen LogP contribution in [0.5, 0.6) is 0 Å². The number of anilines is 1. The van der Waals surface area contributed by atoms with Crippen LogP contribution in [-0.2, 0) is 0 Å². The first kappa shape index (κ1) is 10.6. The molecule has 1 aliphatic rings. The molecule has 0 aromatic carbocycles. The van der Waals surface area contributed by atoms with E-state index in [1.54, 1.807) is 4.52 Å². The Bertz CT molecular complexity index is 580. The quantitative estimate of drug-likeness (QED) is 0.862. The van der Waals surface area contributed by atoms with Crippen molar-refractivity contribution in [2.75, 3.05) is 5.73 Å². The average Bonchev–Trinajstić information content (AvgIpc) is 2.94. The molecular weight excluding hydrogens is 212 g/mol. The van der Waals surface area contributed by atoms with Crippen LogP contribution in [0.4, 0.5) is 5.82 Å². The van der Waals surface area contributed by atoms with E-state index in [4.69, 9.17) is 10.7 Å². The molecule has 2 heterocycles. The van der Waals surface area contributed by atoms with Gasteiger partial charge in [-0.2, -0.15) is 9.61 Å². The monoisotopic (exact) mass is 230 g/mol. The van der Waals surface area contributed by atoms with E-state index in [1.165, 1.54) is 12.8 Å². The van der Waals surface area contributed by atoms with E-state index < -0.39 is 0 Å². The summed E-state index contributed by atoms with van der Waals surface area (Å²) in [6, 6.07) is 1.97. The summed E-state index contributed by atoms with van der Waals surface area (Å²) in [7, 11) is 0. The highest BCUT2D eigenvalue weighted by Gasteiger charge is 2.43. The van der Waals surface area contributed by atoms with Crippen LogP contribution in [0, 0.1) is 12.3 Å². The van der Waals surface area contributed by atoms with E-state index in [0.717, 1.165) is 16.9 Å². The Kier molecular flexibility index (Phi) is 2.00. The summed E-state index contributed by atoms with van der Waals surface area (Å²) < 4.78 is 1.71. The van der Waals surface area contributed by atoms with E-state index in [9.17, 15) is 0 Å². The molecule has 4 heteroatoms. The van der Waals surface area contributed by atoms with Gasteiger partial charge in [-0.25, -0.2) is 4.98 Å². The van der Waals surface area contributed by atoms with Crippen molar-refractivity contribution in [3.05, 3.63) is 23.5 Å². The minimum atomic E-state index is 0.422. The van der Waals surface area contributed by atoms with E-state index in [1.807, 2.05) is 19.2 Å². The highest BCUT2D eigenvalue weighted by Crippen LogP contribution is 2.55. The Labute approximate surface area is 101 Å². The largest absolute Gasteiger partial charge is 0.384 e. The predicted molar refractivity (Wildman–Crippen MR) is 67.9 cm³/mol. The summed E-state index contributed by atoms with van der Waals surface area (Å²) in [5, 5.41) is 4.23. The zero-order chi connectivity index (χ0) is 12.2. The third-order valence-electron chi connectivity index (χ3n) is 4.22. The van der Waals surface area contributed by atoms with Crippen LogP contribution in [0.2, 0.25) is 0 Å². The normalized spacial score (nSPS) is 19.5. The van der Waals surface area contributed by atoms with Gasteiger partial charge in [0.15, 0.2) is 5.65 Å². The van der Waals surface area contributed by atoms with Gasteiger partial charge in [0.05, 0.1) is 6.20 Å². The fourth-order valence-electron chi connectivity index (χ4n) is 2.32. The number of rotatable bonds is 2. The molecule has 0 saturated heterocycles. The molecule has 0 unspecified atom stereocenters. The van der Waals surface area contributed by atoms with Crippen LogP contribution in [0.1, 0.15) is 43.9 Å². The summed E-state index contributed by atoms with van der Waals surface area (Å²) in [6.45, 7) is 6.59. The van der Waals surface area contributed by atoms with Crippen LogP contribution in [0.3, 0.4) is 0 Å². The molecule has 2 aromatic heterocycles. The third-order valence-corrected chi connectivity index (χ3v) is 4.22. The van der Waals surface area contributed by atoms with Crippen LogP contribution < -0.4 is 5.73 Å². The first-order valence-corrected chi connectivity index (χ1v) is 6.12. The maximum Gasteiger partial charge on any atom is 0.160 e. The molecule has 1 aliphatic carbocycles. The molecule has 0 bridgehead atoms. The molecule has 2 aromatic rings. The molecule has 0 amide bonds. The van der Waals surface area contributed by atoms with Crippen LogP contribution >= 0.6 is 0 Å². The smallest absolute Gasteiger partial charge is 0.160 e. The fraction of sp³-hybridized carbons (Fsp3) is 0.538. The lowest BCUT2D eigenvalue weighted by atomic mass is 9.89. The van der Waals surface area contributed by atoms with Crippen molar-refractivity contribution in [1.29, 1.82) is 0 Å². The lowest BCUT2D eigenvalue weighted by Gasteiger charge is -2.18. The summed E-state index contributed by atoms with van der Waals surface area (Å²) in [6.07, 6.45) is 4.39. The highest BCUT2D eigenvalue weighted by molar-refractivity contribution is 5.52. The molecule has 4 nitrogen and oxygen atoms in total. The number of aryl methyl sites for hydroxylation is 1. The number of nitrogen functional groups attached to an aromatic ring is 1. The van der Waals surface area contributed by atoms with Gasteiger partial charge in [0.1, 0.15) is 5.82 Å². The van der Waals surface area contributed by atoms with E-state index in [2.05, 4.69) is 18.9 Å². The van der Waals surface area contributed by atoms with E-state index in [-0.39, 0.29) is 0 Å². The number of nitrogens with two attached hydrogens (primary N) is 1. The molecule has 17 heavy (non-hydrogen) atoms. The second-order valence-corrected chi connectivity index (χ2v) is 5.54. The van der Waals surface area contributed by atoms with Crippen LogP contribution in [-0.4, -0.2) is 14.6 Å². The van der Waals surface area contributed by atoms with Gasteiger partial charge in [0, 0.05) is 23.2 Å². The summed E-state index contributed by atoms with van der Waals surface area (Å²) in [5.74, 6) is 1.14. The van der Waals surface area contributed by atoms with Crippen molar-refractivity contribution in [3.8, 4) is 0 Å². The van der Waals surface area contributed by atoms with Crippen LogP contribution in [0.25, 0.3) is 5.65 Å². The standard InChI is InChI=1S/C13H18N4/c1-8-7-15-17-11(14)6-10(16-12(8)17)9(2)13(3)4-5-13/h6-7,9H,4-5,14H2,1-3H3/t9-/m1/s1. The Hall–Kier alpha value is -1.58. The highest BCUT2D eigenvalue weighted by atomic mass is 15.3. The van der Waals surface area contributed by atoms with Crippen LogP contribution in [0.15, 0.2) is 12.3 Å². The van der Waals surface area contributed by atoms with Crippen molar-refractivity contribution in [3.63, 3.8) is 0 Å².